The second-order valence-corrected chi connectivity index (χ2v) is 6.70. The van der Waals surface area contributed by atoms with Crippen molar-refractivity contribution in [1.82, 2.24) is 24.5 Å². The van der Waals surface area contributed by atoms with Gasteiger partial charge in [-0.25, -0.2) is 0 Å². The van der Waals surface area contributed by atoms with Crippen molar-refractivity contribution >= 4 is 23.4 Å². The van der Waals surface area contributed by atoms with Gasteiger partial charge in [0.1, 0.15) is 5.76 Å². The molecule has 0 bridgehead atoms. The summed E-state index contributed by atoms with van der Waals surface area (Å²) in [6, 6.07) is 1.86. The number of carbonyl (C=O) groups excluding carboxylic acids is 1. The Morgan fingerprint density at radius 1 is 1.28 bits per heavy atom. The van der Waals surface area contributed by atoms with Crippen LogP contribution < -0.4 is 5.32 Å². The zero-order valence-corrected chi connectivity index (χ0v) is 15.6. The molecule has 0 fully saturated rings. The fourth-order valence-electron chi connectivity index (χ4n) is 2.55. The smallest absolute Gasteiger partial charge is 0.234 e. The van der Waals surface area contributed by atoms with Crippen LogP contribution in [0.25, 0.3) is 11.4 Å². The van der Waals surface area contributed by atoms with Crippen LogP contribution in [0.5, 0.6) is 0 Å². The molecule has 3 heterocycles. The highest BCUT2D eigenvalue weighted by atomic mass is 32.2. The van der Waals surface area contributed by atoms with Crippen LogP contribution >= 0.6 is 11.8 Å². The van der Waals surface area contributed by atoms with Crippen LogP contribution in [0.2, 0.25) is 0 Å². The second-order valence-electron chi connectivity index (χ2n) is 5.76. The minimum absolute atomic E-state index is 0.103. The summed E-state index contributed by atoms with van der Waals surface area (Å²) in [5.74, 6) is 1.64. The SMILES string of the molecule is Cc1nn(C)c(C)c1NC(=O)CSc1nnc(-c2ccoc2C)n1C. The molecule has 0 aromatic carbocycles. The first-order valence-electron chi connectivity index (χ1n) is 7.75. The monoisotopic (exact) mass is 360 g/mol. The van der Waals surface area contributed by atoms with Gasteiger partial charge in [0.15, 0.2) is 11.0 Å². The average Bonchev–Trinajstić information content (AvgIpc) is 3.20. The number of rotatable bonds is 5. The van der Waals surface area contributed by atoms with Crippen LogP contribution in [0, 0.1) is 20.8 Å². The zero-order valence-electron chi connectivity index (χ0n) is 14.8. The maximum absolute atomic E-state index is 12.3. The minimum Gasteiger partial charge on any atom is -0.469 e. The van der Waals surface area contributed by atoms with Crippen molar-refractivity contribution in [3.05, 3.63) is 29.5 Å². The quantitative estimate of drug-likeness (QED) is 0.703. The summed E-state index contributed by atoms with van der Waals surface area (Å²) < 4.78 is 8.92. The summed E-state index contributed by atoms with van der Waals surface area (Å²) in [6.45, 7) is 5.67. The molecule has 8 nitrogen and oxygen atoms in total. The first kappa shape index (κ1) is 17.3. The highest BCUT2D eigenvalue weighted by Gasteiger charge is 2.17. The molecule has 0 spiro atoms. The number of aryl methyl sites for hydroxylation is 3. The second kappa shape index (κ2) is 6.75. The number of nitrogens with one attached hydrogen (secondary N) is 1. The van der Waals surface area contributed by atoms with Gasteiger partial charge in [-0.3, -0.25) is 9.48 Å². The normalized spacial score (nSPS) is 11.1. The molecule has 1 N–H and O–H groups in total. The summed E-state index contributed by atoms with van der Waals surface area (Å²) in [7, 11) is 3.73. The van der Waals surface area contributed by atoms with E-state index >= 15 is 0 Å². The molecule has 3 aromatic heterocycles. The van der Waals surface area contributed by atoms with Gasteiger partial charge in [0.05, 0.1) is 34.7 Å². The Morgan fingerprint density at radius 3 is 2.64 bits per heavy atom. The third-order valence-electron chi connectivity index (χ3n) is 4.04. The lowest BCUT2D eigenvalue weighted by Gasteiger charge is -2.06. The highest BCUT2D eigenvalue weighted by molar-refractivity contribution is 7.99. The van der Waals surface area contributed by atoms with E-state index in [1.807, 2.05) is 45.5 Å². The van der Waals surface area contributed by atoms with E-state index in [4.69, 9.17) is 4.42 Å². The fourth-order valence-corrected chi connectivity index (χ4v) is 3.26. The lowest BCUT2D eigenvalue weighted by atomic mass is 10.2. The van der Waals surface area contributed by atoms with E-state index < -0.39 is 0 Å². The summed E-state index contributed by atoms with van der Waals surface area (Å²) in [5.41, 5.74) is 3.38. The number of furan rings is 1. The van der Waals surface area contributed by atoms with Crippen LogP contribution in [-0.4, -0.2) is 36.2 Å². The molecule has 0 saturated carbocycles. The number of anilines is 1. The summed E-state index contributed by atoms with van der Waals surface area (Å²) in [5, 5.41) is 16.3. The summed E-state index contributed by atoms with van der Waals surface area (Å²) in [6.07, 6.45) is 1.62. The molecular formula is C16H20N6O2S. The van der Waals surface area contributed by atoms with Crippen molar-refractivity contribution in [2.75, 3.05) is 11.1 Å². The van der Waals surface area contributed by atoms with Gasteiger partial charge in [0.2, 0.25) is 5.91 Å². The van der Waals surface area contributed by atoms with Crippen LogP contribution in [0.4, 0.5) is 5.69 Å². The topological polar surface area (TPSA) is 90.8 Å². The molecule has 0 atom stereocenters. The van der Waals surface area contributed by atoms with Crippen molar-refractivity contribution in [2.24, 2.45) is 14.1 Å². The molecule has 0 unspecified atom stereocenters. The van der Waals surface area contributed by atoms with Crippen molar-refractivity contribution in [3.63, 3.8) is 0 Å². The molecule has 132 valence electrons. The van der Waals surface area contributed by atoms with E-state index in [1.54, 1.807) is 10.9 Å². The maximum atomic E-state index is 12.3. The van der Waals surface area contributed by atoms with E-state index in [0.29, 0.717) is 11.0 Å². The molecule has 0 radical (unpaired) electrons. The Morgan fingerprint density at radius 2 is 2.04 bits per heavy atom. The number of hydrogen-bond donors (Lipinski definition) is 1. The molecule has 9 heteroatoms. The number of nitrogens with zero attached hydrogens (tertiary/aromatic N) is 5. The van der Waals surface area contributed by atoms with Crippen molar-refractivity contribution in [1.29, 1.82) is 0 Å². The molecule has 0 aliphatic rings. The van der Waals surface area contributed by atoms with Gasteiger partial charge in [0, 0.05) is 14.1 Å². The lowest BCUT2D eigenvalue weighted by molar-refractivity contribution is -0.113. The van der Waals surface area contributed by atoms with Crippen molar-refractivity contribution < 1.29 is 9.21 Å². The largest absolute Gasteiger partial charge is 0.469 e. The number of aromatic nitrogens is 5. The van der Waals surface area contributed by atoms with Gasteiger partial charge in [-0.1, -0.05) is 11.8 Å². The molecule has 3 rings (SSSR count). The number of hydrogen-bond acceptors (Lipinski definition) is 6. The minimum atomic E-state index is -0.103. The summed E-state index contributed by atoms with van der Waals surface area (Å²) in [4.78, 5) is 12.3. The van der Waals surface area contributed by atoms with Crippen LogP contribution in [0.3, 0.4) is 0 Å². The summed E-state index contributed by atoms with van der Waals surface area (Å²) >= 11 is 1.34. The Kier molecular flexibility index (Phi) is 4.67. The molecule has 0 saturated heterocycles. The van der Waals surface area contributed by atoms with Crippen molar-refractivity contribution in [2.45, 2.75) is 25.9 Å². The highest BCUT2D eigenvalue weighted by Crippen LogP contribution is 2.26. The molecule has 1 amide bonds. The van der Waals surface area contributed by atoms with Gasteiger partial charge in [0.25, 0.3) is 0 Å². The first-order chi connectivity index (χ1) is 11.9. The Labute approximate surface area is 149 Å². The van der Waals surface area contributed by atoms with Gasteiger partial charge < -0.3 is 14.3 Å². The van der Waals surface area contributed by atoms with Crippen LogP contribution in [0.15, 0.2) is 21.9 Å². The number of thioether (sulfide) groups is 1. The fraction of sp³-hybridized carbons (Fsp3) is 0.375. The van der Waals surface area contributed by atoms with E-state index in [0.717, 1.165) is 28.4 Å². The Balaban J connectivity index is 1.67. The van der Waals surface area contributed by atoms with E-state index in [2.05, 4.69) is 20.6 Å². The molecular weight excluding hydrogens is 340 g/mol. The third-order valence-corrected chi connectivity index (χ3v) is 5.06. The van der Waals surface area contributed by atoms with E-state index in [1.165, 1.54) is 11.8 Å². The van der Waals surface area contributed by atoms with E-state index in [-0.39, 0.29) is 11.7 Å². The maximum Gasteiger partial charge on any atom is 0.234 e. The predicted octanol–water partition coefficient (Wildman–Crippen LogP) is 2.46. The van der Waals surface area contributed by atoms with Gasteiger partial charge >= 0.3 is 0 Å². The molecule has 25 heavy (non-hydrogen) atoms. The zero-order chi connectivity index (χ0) is 18.1. The van der Waals surface area contributed by atoms with Gasteiger partial charge in [-0.05, 0) is 26.8 Å². The predicted molar refractivity (Wildman–Crippen MR) is 95.5 cm³/mol. The van der Waals surface area contributed by atoms with Gasteiger partial charge in [-0.2, -0.15) is 5.10 Å². The lowest BCUT2D eigenvalue weighted by Crippen LogP contribution is -2.15. The number of amides is 1. The van der Waals surface area contributed by atoms with Crippen molar-refractivity contribution in [3.8, 4) is 11.4 Å². The van der Waals surface area contributed by atoms with Gasteiger partial charge in [-0.15, -0.1) is 10.2 Å². The standard InChI is InChI=1S/C16H20N6O2S/c1-9-14(10(2)22(5)20-9)17-13(23)8-25-16-19-18-15(21(16)4)12-6-7-24-11(12)3/h6-7H,8H2,1-5H3,(H,17,23). The third kappa shape index (κ3) is 3.32. The average molecular weight is 360 g/mol. The Hall–Kier alpha value is -2.55. The number of carbonyl (C=O) groups is 1. The van der Waals surface area contributed by atoms with E-state index in [9.17, 15) is 4.79 Å². The molecule has 0 aliphatic heterocycles. The van der Waals surface area contributed by atoms with Crippen LogP contribution in [-0.2, 0) is 18.9 Å². The first-order valence-corrected chi connectivity index (χ1v) is 8.73. The van der Waals surface area contributed by atoms with Crippen LogP contribution in [0.1, 0.15) is 17.1 Å². The molecule has 3 aromatic rings. The molecule has 0 aliphatic carbocycles. The Bertz CT molecular complexity index is 923.